The topological polar surface area (TPSA) is 108 Å². The zero-order chi connectivity index (χ0) is 24.7. The standard InChI is InChI=1S/C25H30N4O4S2/c30-34(31,23-8-3-1-4-9-23)27-16-14-21-20-22(29-18-7-15-26-17-19-29)12-13-25(21)28-35(32,33)24-10-5-2-6-11-24/h1-6,8-13,20,26-28H,7,14-19H2. The summed E-state index contributed by atoms with van der Waals surface area (Å²) >= 11 is 0. The average molecular weight is 515 g/mol. The van der Waals surface area contributed by atoms with E-state index in [4.69, 9.17) is 0 Å². The maximum Gasteiger partial charge on any atom is 0.261 e. The smallest absolute Gasteiger partial charge is 0.261 e. The minimum absolute atomic E-state index is 0.127. The van der Waals surface area contributed by atoms with Crippen LogP contribution in [-0.2, 0) is 26.5 Å². The van der Waals surface area contributed by atoms with E-state index in [1.165, 1.54) is 24.3 Å². The Labute approximate surface area is 207 Å². The highest BCUT2D eigenvalue weighted by atomic mass is 32.2. The molecule has 1 fully saturated rings. The highest BCUT2D eigenvalue weighted by molar-refractivity contribution is 7.92. The van der Waals surface area contributed by atoms with E-state index in [2.05, 4.69) is 19.7 Å². The molecule has 0 unspecified atom stereocenters. The molecule has 1 aliphatic heterocycles. The molecule has 1 aliphatic rings. The molecule has 3 N–H and O–H groups in total. The van der Waals surface area contributed by atoms with Crippen molar-refractivity contribution in [3.05, 3.63) is 84.4 Å². The van der Waals surface area contributed by atoms with E-state index in [1.54, 1.807) is 42.5 Å². The van der Waals surface area contributed by atoms with Crippen LogP contribution >= 0.6 is 0 Å². The van der Waals surface area contributed by atoms with Gasteiger partial charge in [-0.25, -0.2) is 21.6 Å². The Balaban J connectivity index is 1.58. The molecule has 0 saturated carbocycles. The van der Waals surface area contributed by atoms with E-state index in [9.17, 15) is 16.8 Å². The second kappa shape index (κ2) is 11.2. The minimum Gasteiger partial charge on any atom is -0.370 e. The van der Waals surface area contributed by atoms with Crippen LogP contribution < -0.4 is 19.7 Å². The Morgan fingerprint density at radius 1 is 0.771 bits per heavy atom. The summed E-state index contributed by atoms with van der Waals surface area (Å²) in [6, 6.07) is 22.0. The molecule has 0 aromatic heterocycles. The fourth-order valence-electron chi connectivity index (χ4n) is 3.99. The van der Waals surface area contributed by atoms with Crippen LogP contribution in [0.1, 0.15) is 12.0 Å². The number of rotatable bonds is 9. The van der Waals surface area contributed by atoms with Crippen LogP contribution in [0.4, 0.5) is 11.4 Å². The first-order chi connectivity index (χ1) is 16.9. The van der Waals surface area contributed by atoms with Gasteiger partial charge in [-0.15, -0.1) is 0 Å². The van der Waals surface area contributed by atoms with Crippen molar-refractivity contribution in [1.29, 1.82) is 0 Å². The van der Waals surface area contributed by atoms with Crippen LogP contribution in [-0.4, -0.2) is 49.6 Å². The van der Waals surface area contributed by atoms with E-state index < -0.39 is 20.0 Å². The molecule has 0 radical (unpaired) electrons. The maximum absolute atomic E-state index is 13.0. The van der Waals surface area contributed by atoms with Crippen LogP contribution in [0.2, 0.25) is 0 Å². The van der Waals surface area contributed by atoms with Gasteiger partial charge in [-0.2, -0.15) is 0 Å². The molecular weight excluding hydrogens is 484 g/mol. The lowest BCUT2D eigenvalue weighted by atomic mass is 10.1. The van der Waals surface area contributed by atoms with Crippen molar-refractivity contribution in [2.75, 3.05) is 42.3 Å². The molecule has 0 amide bonds. The number of nitrogens with zero attached hydrogens (tertiary/aromatic N) is 1. The highest BCUT2D eigenvalue weighted by Crippen LogP contribution is 2.27. The number of hydrogen-bond donors (Lipinski definition) is 3. The van der Waals surface area contributed by atoms with Crippen molar-refractivity contribution in [3.8, 4) is 0 Å². The van der Waals surface area contributed by atoms with Gasteiger partial charge in [0.2, 0.25) is 10.0 Å². The lowest BCUT2D eigenvalue weighted by Crippen LogP contribution is -2.28. The van der Waals surface area contributed by atoms with Crippen LogP contribution in [0.15, 0.2) is 88.7 Å². The van der Waals surface area contributed by atoms with Crippen LogP contribution in [0.3, 0.4) is 0 Å². The van der Waals surface area contributed by atoms with Gasteiger partial charge in [-0.3, -0.25) is 4.72 Å². The number of benzene rings is 3. The van der Waals surface area contributed by atoms with Gasteiger partial charge >= 0.3 is 0 Å². The molecule has 4 rings (SSSR count). The highest BCUT2D eigenvalue weighted by Gasteiger charge is 2.19. The van der Waals surface area contributed by atoms with E-state index >= 15 is 0 Å². The maximum atomic E-state index is 13.0. The summed E-state index contributed by atoms with van der Waals surface area (Å²) in [4.78, 5) is 2.61. The van der Waals surface area contributed by atoms with Crippen molar-refractivity contribution < 1.29 is 16.8 Å². The lowest BCUT2D eigenvalue weighted by molar-refractivity contribution is 0.581. The number of anilines is 2. The van der Waals surface area contributed by atoms with Gasteiger partial charge < -0.3 is 10.2 Å². The van der Waals surface area contributed by atoms with Crippen molar-refractivity contribution in [1.82, 2.24) is 10.0 Å². The molecule has 35 heavy (non-hydrogen) atoms. The van der Waals surface area contributed by atoms with Crippen molar-refractivity contribution >= 4 is 31.4 Å². The third kappa shape index (κ3) is 6.61. The van der Waals surface area contributed by atoms with Gasteiger partial charge in [0.25, 0.3) is 10.0 Å². The summed E-state index contributed by atoms with van der Waals surface area (Å²) in [7, 11) is -7.45. The monoisotopic (exact) mass is 514 g/mol. The minimum atomic E-state index is -3.79. The van der Waals surface area contributed by atoms with Crippen molar-refractivity contribution in [3.63, 3.8) is 0 Å². The molecule has 10 heteroatoms. The van der Waals surface area contributed by atoms with Gasteiger partial charge in [0.05, 0.1) is 15.5 Å². The number of hydrogen-bond acceptors (Lipinski definition) is 6. The third-order valence-electron chi connectivity index (χ3n) is 5.83. The SMILES string of the molecule is O=S(=O)(NCCc1cc(N2CCCNCC2)ccc1NS(=O)(=O)c1ccccc1)c1ccccc1. The zero-order valence-electron chi connectivity index (χ0n) is 19.4. The van der Waals surface area contributed by atoms with Gasteiger partial charge in [0.15, 0.2) is 0 Å². The normalized spacial score (nSPS) is 14.9. The zero-order valence-corrected chi connectivity index (χ0v) is 21.0. The first-order valence-corrected chi connectivity index (χ1v) is 14.5. The summed E-state index contributed by atoms with van der Waals surface area (Å²) in [5, 5.41) is 3.38. The summed E-state index contributed by atoms with van der Waals surface area (Å²) < 4.78 is 56.5. The van der Waals surface area contributed by atoms with Crippen molar-refractivity contribution in [2.45, 2.75) is 22.6 Å². The average Bonchev–Trinajstić information content (AvgIpc) is 3.16. The molecule has 0 spiro atoms. The van der Waals surface area contributed by atoms with E-state index in [0.717, 1.165) is 43.9 Å². The van der Waals surface area contributed by atoms with Crippen LogP contribution in [0.25, 0.3) is 0 Å². The Bertz CT molecular complexity index is 1320. The first kappa shape index (κ1) is 25.2. The summed E-state index contributed by atoms with van der Waals surface area (Å²) in [6.45, 7) is 3.69. The lowest BCUT2D eigenvalue weighted by Gasteiger charge is -2.24. The molecule has 186 valence electrons. The predicted molar refractivity (Wildman–Crippen MR) is 139 cm³/mol. The van der Waals surface area contributed by atoms with E-state index in [0.29, 0.717) is 12.1 Å². The Morgan fingerprint density at radius 2 is 1.43 bits per heavy atom. The number of nitrogens with one attached hydrogen (secondary N) is 3. The molecule has 3 aromatic carbocycles. The predicted octanol–water partition coefficient (Wildman–Crippen LogP) is 2.81. The van der Waals surface area contributed by atoms with Gasteiger partial charge in [-0.1, -0.05) is 36.4 Å². The van der Waals surface area contributed by atoms with Crippen molar-refractivity contribution in [2.24, 2.45) is 0 Å². The molecule has 8 nitrogen and oxygen atoms in total. The fraction of sp³-hybridized carbons (Fsp3) is 0.280. The second-order valence-corrected chi connectivity index (χ2v) is 11.8. The summed E-state index contributed by atoms with van der Waals surface area (Å²) in [5.41, 5.74) is 2.14. The first-order valence-electron chi connectivity index (χ1n) is 11.6. The van der Waals surface area contributed by atoms with Crippen LogP contribution in [0, 0.1) is 0 Å². The Kier molecular flexibility index (Phi) is 8.07. The largest absolute Gasteiger partial charge is 0.370 e. The molecule has 0 bridgehead atoms. The quantitative estimate of drug-likeness (QED) is 0.405. The molecule has 0 atom stereocenters. The Hall–Kier alpha value is -2.92. The molecular formula is C25H30N4O4S2. The number of sulfonamides is 2. The Morgan fingerprint density at radius 3 is 2.11 bits per heavy atom. The molecule has 3 aromatic rings. The summed E-state index contributed by atoms with van der Waals surface area (Å²) in [6.07, 6.45) is 1.33. The third-order valence-corrected chi connectivity index (χ3v) is 8.69. The molecule has 1 heterocycles. The van der Waals surface area contributed by atoms with Gasteiger partial charge in [-0.05, 0) is 67.4 Å². The van der Waals surface area contributed by atoms with Gasteiger partial charge in [0.1, 0.15) is 0 Å². The summed E-state index contributed by atoms with van der Waals surface area (Å²) in [5.74, 6) is 0. The van der Waals surface area contributed by atoms with Gasteiger partial charge in [0, 0.05) is 31.9 Å². The second-order valence-electron chi connectivity index (χ2n) is 8.31. The van der Waals surface area contributed by atoms with E-state index in [-0.39, 0.29) is 16.3 Å². The molecule has 0 aliphatic carbocycles. The van der Waals surface area contributed by atoms with E-state index in [1.807, 2.05) is 12.1 Å². The van der Waals surface area contributed by atoms with Crippen LogP contribution in [0.5, 0.6) is 0 Å². The molecule has 1 saturated heterocycles. The fourth-order valence-corrected chi connectivity index (χ4v) is 6.17.